The highest BCUT2D eigenvalue weighted by atomic mass is 19.1. The van der Waals surface area contributed by atoms with Crippen LogP contribution in [0.1, 0.15) is 18.4 Å². The van der Waals surface area contributed by atoms with Crippen LogP contribution in [0.15, 0.2) is 18.2 Å². The van der Waals surface area contributed by atoms with Crippen molar-refractivity contribution in [2.45, 2.75) is 25.8 Å². The number of hydrogen-bond acceptors (Lipinski definition) is 3. The first-order valence-corrected chi connectivity index (χ1v) is 7.63. The Kier molecular flexibility index (Phi) is 4.22. The van der Waals surface area contributed by atoms with E-state index in [-0.39, 0.29) is 11.7 Å². The Balaban J connectivity index is 1.56. The minimum Gasteiger partial charge on any atom is -0.325 e. The summed E-state index contributed by atoms with van der Waals surface area (Å²) in [5, 5.41) is 6.35. The lowest BCUT2D eigenvalue weighted by Gasteiger charge is -2.24. The summed E-state index contributed by atoms with van der Waals surface area (Å²) in [5.74, 6) is 0.275. The third kappa shape index (κ3) is 3.41. The molecular weight excluding hydrogens is 269 g/mol. The second-order valence-corrected chi connectivity index (χ2v) is 6.16. The molecule has 2 atom stereocenters. The van der Waals surface area contributed by atoms with E-state index in [0.717, 1.165) is 25.2 Å². The monoisotopic (exact) mass is 291 g/mol. The van der Waals surface area contributed by atoms with Crippen LogP contribution in [0, 0.1) is 18.7 Å². The Morgan fingerprint density at radius 3 is 3.14 bits per heavy atom. The van der Waals surface area contributed by atoms with Gasteiger partial charge < -0.3 is 10.6 Å². The molecule has 1 aromatic carbocycles. The quantitative estimate of drug-likeness (QED) is 0.892. The van der Waals surface area contributed by atoms with Crippen molar-refractivity contribution in [3.8, 4) is 0 Å². The van der Waals surface area contributed by atoms with E-state index < -0.39 is 0 Å². The Morgan fingerprint density at radius 2 is 2.33 bits per heavy atom. The van der Waals surface area contributed by atoms with Crippen molar-refractivity contribution in [2.75, 3.05) is 31.5 Å². The van der Waals surface area contributed by atoms with Gasteiger partial charge in [-0.15, -0.1) is 0 Å². The molecule has 2 aliphatic rings. The van der Waals surface area contributed by atoms with Crippen molar-refractivity contribution in [2.24, 2.45) is 5.92 Å². The summed E-state index contributed by atoms with van der Waals surface area (Å²) >= 11 is 0. The summed E-state index contributed by atoms with van der Waals surface area (Å²) in [6.45, 7) is 5.24. The second-order valence-electron chi connectivity index (χ2n) is 6.16. The van der Waals surface area contributed by atoms with Crippen molar-refractivity contribution >= 4 is 11.6 Å². The number of halogens is 1. The van der Waals surface area contributed by atoms with Gasteiger partial charge in [0, 0.05) is 24.8 Å². The fraction of sp³-hybridized carbons (Fsp3) is 0.562. The molecule has 114 valence electrons. The molecule has 0 aromatic heterocycles. The van der Waals surface area contributed by atoms with E-state index in [2.05, 4.69) is 15.5 Å². The number of rotatable bonds is 3. The number of hydrogen-bond donors (Lipinski definition) is 2. The van der Waals surface area contributed by atoms with Crippen LogP contribution in [0.4, 0.5) is 10.1 Å². The summed E-state index contributed by atoms with van der Waals surface area (Å²) < 4.78 is 13.2. The lowest BCUT2D eigenvalue weighted by molar-refractivity contribution is -0.117. The number of benzene rings is 1. The van der Waals surface area contributed by atoms with Crippen molar-refractivity contribution in [1.29, 1.82) is 0 Å². The highest BCUT2D eigenvalue weighted by Gasteiger charge is 2.34. The zero-order valence-corrected chi connectivity index (χ0v) is 12.4. The standard InChI is InChI=1S/C16H22FN3O/c1-11-4-5-13(17)7-14(11)19-16(21)10-20-8-12-3-2-6-18-15(12)9-20/h4-5,7,12,15,18H,2-3,6,8-10H2,1H3,(H,19,21)/t12-,15+/m0/s1. The van der Waals surface area contributed by atoms with Crippen molar-refractivity contribution in [1.82, 2.24) is 10.2 Å². The van der Waals surface area contributed by atoms with Crippen molar-refractivity contribution < 1.29 is 9.18 Å². The van der Waals surface area contributed by atoms with E-state index >= 15 is 0 Å². The van der Waals surface area contributed by atoms with Crippen LogP contribution in [-0.2, 0) is 4.79 Å². The molecule has 0 saturated carbocycles. The number of amides is 1. The van der Waals surface area contributed by atoms with E-state index in [0.29, 0.717) is 24.2 Å². The number of nitrogens with one attached hydrogen (secondary N) is 2. The number of likely N-dealkylation sites (tertiary alicyclic amines) is 1. The molecule has 4 nitrogen and oxygen atoms in total. The number of carbonyl (C=O) groups is 1. The van der Waals surface area contributed by atoms with Gasteiger partial charge in [0.2, 0.25) is 5.91 Å². The highest BCUT2D eigenvalue weighted by Crippen LogP contribution is 2.24. The van der Waals surface area contributed by atoms with Gasteiger partial charge in [0.15, 0.2) is 0 Å². The topological polar surface area (TPSA) is 44.4 Å². The molecule has 5 heteroatoms. The van der Waals surface area contributed by atoms with Crippen molar-refractivity contribution in [3.63, 3.8) is 0 Å². The fourth-order valence-corrected chi connectivity index (χ4v) is 3.39. The molecule has 0 radical (unpaired) electrons. The lowest BCUT2D eigenvalue weighted by atomic mass is 9.94. The molecule has 1 aromatic rings. The van der Waals surface area contributed by atoms with Gasteiger partial charge in [0.25, 0.3) is 0 Å². The maximum Gasteiger partial charge on any atom is 0.238 e. The summed E-state index contributed by atoms with van der Waals surface area (Å²) in [6.07, 6.45) is 2.47. The highest BCUT2D eigenvalue weighted by molar-refractivity contribution is 5.93. The van der Waals surface area contributed by atoms with Gasteiger partial charge >= 0.3 is 0 Å². The SMILES string of the molecule is Cc1ccc(F)cc1NC(=O)CN1C[C@@H]2CCCN[C@@H]2C1. The second kappa shape index (κ2) is 6.12. The number of piperidine rings is 1. The zero-order chi connectivity index (χ0) is 14.8. The maximum atomic E-state index is 13.2. The minimum atomic E-state index is -0.327. The molecule has 2 aliphatic heterocycles. The number of fused-ring (bicyclic) bond motifs is 1. The van der Waals surface area contributed by atoms with Crippen LogP contribution in [0.25, 0.3) is 0 Å². The van der Waals surface area contributed by atoms with E-state index in [9.17, 15) is 9.18 Å². The van der Waals surface area contributed by atoms with Crippen LogP contribution in [0.5, 0.6) is 0 Å². The van der Waals surface area contributed by atoms with Gasteiger partial charge in [-0.1, -0.05) is 6.07 Å². The largest absolute Gasteiger partial charge is 0.325 e. The predicted molar refractivity (Wildman–Crippen MR) is 80.7 cm³/mol. The summed E-state index contributed by atoms with van der Waals surface area (Å²) in [5.41, 5.74) is 1.44. The van der Waals surface area contributed by atoms with Gasteiger partial charge in [-0.2, -0.15) is 0 Å². The normalized spacial score (nSPS) is 25.6. The third-order valence-corrected chi connectivity index (χ3v) is 4.52. The van der Waals surface area contributed by atoms with E-state index in [1.165, 1.54) is 25.0 Å². The van der Waals surface area contributed by atoms with Gasteiger partial charge in [-0.3, -0.25) is 9.69 Å². The number of aryl methyl sites for hydroxylation is 1. The lowest BCUT2D eigenvalue weighted by Crippen LogP contribution is -2.41. The molecule has 2 fully saturated rings. The maximum absolute atomic E-state index is 13.2. The van der Waals surface area contributed by atoms with E-state index in [1.54, 1.807) is 6.07 Å². The first kappa shape index (κ1) is 14.5. The molecule has 0 unspecified atom stereocenters. The number of carbonyl (C=O) groups excluding carboxylic acids is 1. The average molecular weight is 291 g/mol. The van der Waals surface area contributed by atoms with E-state index in [1.807, 2.05) is 6.92 Å². The van der Waals surface area contributed by atoms with Crippen LogP contribution >= 0.6 is 0 Å². The molecule has 2 heterocycles. The molecule has 0 bridgehead atoms. The Labute approximate surface area is 124 Å². The zero-order valence-electron chi connectivity index (χ0n) is 12.4. The molecule has 2 N–H and O–H groups in total. The first-order chi connectivity index (χ1) is 10.1. The first-order valence-electron chi connectivity index (χ1n) is 7.63. The van der Waals surface area contributed by atoms with Gasteiger partial charge in [0.1, 0.15) is 5.82 Å². The molecule has 2 saturated heterocycles. The molecule has 3 rings (SSSR count). The predicted octanol–water partition coefficient (Wildman–Crippen LogP) is 1.76. The summed E-state index contributed by atoms with van der Waals surface area (Å²) in [4.78, 5) is 14.3. The number of anilines is 1. The third-order valence-electron chi connectivity index (χ3n) is 4.52. The average Bonchev–Trinajstić information content (AvgIpc) is 2.84. The molecule has 1 amide bonds. The number of nitrogens with zero attached hydrogens (tertiary/aromatic N) is 1. The fourth-order valence-electron chi connectivity index (χ4n) is 3.39. The van der Waals surface area contributed by atoms with Gasteiger partial charge in [-0.05, 0) is 49.9 Å². The van der Waals surface area contributed by atoms with Gasteiger partial charge in [-0.25, -0.2) is 4.39 Å². The minimum absolute atomic E-state index is 0.0673. The Bertz CT molecular complexity index is 520. The molecule has 0 aliphatic carbocycles. The van der Waals surface area contributed by atoms with E-state index in [4.69, 9.17) is 0 Å². The summed E-state index contributed by atoms with van der Waals surface area (Å²) in [7, 11) is 0. The van der Waals surface area contributed by atoms with Gasteiger partial charge in [0.05, 0.1) is 6.54 Å². The Hall–Kier alpha value is -1.46. The molecule has 0 spiro atoms. The smallest absolute Gasteiger partial charge is 0.238 e. The van der Waals surface area contributed by atoms with Crippen LogP contribution in [-0.4, -0.2) is 43.0 Å². The molecule has 21 heavy (non-hydrogen) atoms. The molecular formula is C16H22FN3O. The van der Waals surface area contributed by atoms with Crippen LogP contribution in [0.2, 0.25) is 0 Å². The van der Waals surface area contributed by atoms with Crippen LogP contribution in [0.3, 0.4) is 0 Å². The summed E-state index contributed by atoms with van der Waals surface area (Å²) in [6, 6.07) is 4.99. The van der Waals surface area contributed by atoms with Crippen molar-refractivity contribution in [3.05, 3.63) is 29.6 Å². The Morgan fingerprint density at radius 1 is 1.48 bits per heavy atom. The van der Waals surface area contributed by atoms with Crippen LogP contribution < -0.4 is 10.6 Å².